The van der Waals surface area contributed by atoms with Gasteiger partial charge >= 0.3 is 23.9 Å². The zero-order valence-electron chi connectivity index (χ0n) is 46.3. The van der Waals surface area contributed by atoms with Gasteiger partial charge in [-0.2, -0.15) is 0 Å². The van der Waals surface area contributed by atoms with E-state index in [9.17, 15) is 34.8 Å². The second-order valence-electron chi connectivity index (χ2n) is 25.5. The molecule has 4 saturated heterocycles. The van der Waals surface area contributed by atoms with Gasteiger partial charge in [-0.1, -0.05) is 162 Å². The van der Waals surface area contributed by atoms with Gasteiger partial charge in [-0.15, -0.1) is 0 Å². The maximum atomic E-state index is 15.6. The molecule has 406 valence electrons. The molecule has 12 heteroatoms. The molecule has 4 aliphatic rings. The number of rotatable bonds is 37. The van der Waals surface area contributed by atoms with E-state index >= 15 is 4.79 Å². The maximum Gasteiger partial charge on any atom is 0.334 e. The van der Waals surface area contributed by atoms with E-state index in [1.165, 1.54) is 83.5 Å². The lowest BCUT2D eigenvalue weighted by Gasteiger charge is -2.67. The Morgan fingerprint density at radius 3 is 0.929 bits per heavy atom. The van der Waals surface area contributed by atoms with Crippen LogP contribution in [-0.4, -0.2) is 115 Å². The first kappa shape index (κ1) is 60.3. The Labute approximate surface area is 425 Å². The quantitative estimate of drug-likeness (QED) is 0.0263. The Morgan fingerprint density at radius 2 is 0.686 bits per heavy atom. The summed E-state index contributed by atoms with van der Waals surface area (Å²) in [6.45, 7) is 23.8. The van der Waals surface area contributed by atoms with Gasteiger partial charge in [0, 0.05) is 35.2 Å². The first-order valence-corrected chi connectivity index (χ1v) is 28.7. The van der Waals surface area contributed by atoms with E-state index in [1.807, 2.05) is 27.7 Å². The zero-order valence-corrected chi connectivity index (χ0v) is 46.3. The van der Waals surface area contributed by atoms with Crippen molar-refractivity contribution in [3.8, 4) is 0 Å². The number of likely N-dealkylation sites (tertiary alicyclic amines) is 2. The number of ether oxygens (including phenoxy) is 2. The Hall–Kier alpha value is -2.28. The molecular formula is C58H104N2O10. The van der Waals surface area contributed by atoms with Gasteiger partial charge in [-0.05, 0) is 111 Å². The summed E-state index contributed by atoms with van der Waals surface area (Å²) in [4.78, 5) is 63.7. The lowest BCUT2D eigenvalue weighted by molar-refractivity contribution is -0.242. The minimum absolute atomic E-state index is 0.0112. The van der Waals surface area contributed by atoms with Crippen molar-refractivity contribution in [2.24, 2.45) is 28.1 Å². The predicted octanol–water partition coefficient (Wildman–Crippen LogP) is 13.4. The third-order valence-corrected chi connectivity index (χ3v) is 18.3. The second-order valence-corrected chi connectivity index (χ2v) is 25.5. The van der Waals surface area contributed by atoms with Crippen molar-refractivity contribution >= 4 is 23.9 Å². The van der Waals surface area contributed by atoms with Crippen LogP contribution in [0.15, 0.2) is 0 Å². The molecule has 0 aliphatic carbocycles. The van der Waals surface area contributed by atoms with E-state index in [0.717, 1.165) is 51.4 Å². The van der Waals surface area contributed by atoms with Crippen LogP contribution < -0.4 is 0 Å². The molecule has 0 bridgehead atoms. The number of piperidine rings is 2. The molecule has 4 fully saturated rings. The monoisotopic (exact) mass is 989 g/mol. The third kappa shape index (κ3) is 14.3. The lowest BCUT2D eigenvalue weighted by atomic mass is 9.37. The molecule has 4 rings (SSSR count). The molecule has 4 N–H and O–H groups in total. The molecule has 4 unspecified atom stereocenters. The van der Waals surface area contributed by atoms with Gasteiger partial charge in [0.05, 0.1) is 25.4 Å². The summed E-state index contributed by atoms with van der Waals surface area (Å²) in [6, 6.07) is 0. The fourth-order valence-electron chi connectivity index (χ4n) is 15.1. The summed E-state index contributed by atoms with van der Waals surface area (Å²) in [6.07, 6.45) is 26.6. The van der Waals surface area contributed by atoms with Crippen LogP contribution in [0.5, 0.6) is 0 Å². The van der Waals surface area contributed by atoms with Crippen LogP contribution in [0.4, 0.5) is 0 Å². The lowest BCUT2D eigenvalue weighted by Crippen LogP contribution is -2.76. The highest BCUT2D eigenvalue weighted by atomic mass is 16.6. The van der Waals surface area contributed by atoms with Crippen LogP contribution >= 0.6 is 0 Å². The fraction of sp³-hybridized carbons (Fsp3) is 0.931. The maximum absolute atomic E-state index is 15.6. The number of aliphatic carboxylic acids is 4. The Balaban J connectivity index is 1.92. The summed E-state index contributed by atoms with van der Waals surface area (Å²) in [7, 11) is 0. The highest BCUT2D eigenvalue weighted by Gasteiger charge is 2.82. The van der Waals surface area contributed by atoms with Crippen molar-refractivity contribution in [2.45, 2.75) is 290 Å². The number of carboxylic acid groups (broad SMARTS) is 4. The number of hydrogen-bond acceptors (Lipinski definition) is 8. The standard InChI is InChI=1S/C58H104N2O10/c1-11-13-15-17-19-21-23-25-27-29-31-33-35-56(34-32-30-28-26-24-22-20-18-16-14-12-2,44-36-52(3,4)59(40-46-42-69-46)53(5,6)37-44)58(51(67)68,57(48(61)62,49(63)64)50(65)66)45-38-54(7,8)60(41-47-43-70-47)55(9,10)39-45/h44-47H,11-43H2,1-10H3,(H,61,62)(H,63,64)(H,65,66)(H,67,68). The topological polar surface area (TPSA) is 181 Å². The van der Waals surface area contributed by atoms with Crippen LogP contribution in [0.2, 0.25) is 0 Å². The average molecular weight is 989 g/mol. The largest absolute Gasteiger partial charge is 0.481 e. The van der Waals surface area contributed by atoms with Gasteiger partial charge in [-0.3, -0.25) is 29.0 Å². The van der Waals surface area contributed by atoms with Gasteiger partial charge in [0.1, 0.15) is 5.41 Å². The highest BCUT2D eigenvalue weighted by Crippen LogP contribution is 2.71. The number of epoxide rings is 2. The van der Waals surface area contributed by atoms with Gasteiger partial charge in [0.2, 0.25) is 0 Å². The normalized spacial score (nSPS) is 24.1. The molecule has 0 aromatic carbocycles. The minimum Gasteiger partial charge on any atom is -0.481 e. The molecule has 0 saturated carbocycles. The van der Waals surface area contributed by atoms with E-state index in [-0.39, 0.29) is 37.9 Å². The van der Waals surface area contributed by atoms with E-state index in [1.54, 1.807) is 0 Å². The summed E-state index contributed by atoms with van der Waals surface area (Å²) >= 11 is 0. The predicted molar refractivity (Wildman–Crippen MR) is 279 cm³/mol. The van der Waals surface area contributed by atoms with Gasteiger partial charge in [0.25, 0.3) is 5.41 Å². The van der Waals surface area contributed by atoms with Crippen LogP contribution in [0.3, 0.4) is 0 Å². The zero-order chi connectivity index (χ0) is 52.0. The van der Waals surface area contributed by atoms with Crippen LogP contribution in [0.1, 0.15) is 255 Å². The highest BCUT2D eigenvalue weighted by molar-refractivity contribution is 6.20. The van der Waals surface area contributed by atoms with Crippen molar-refractivity contribution in [2.75, 3.05) is 26.3 Å². The summed E-state index contributed by atoms with van der Waals surface area (Å²) < 4.78 is 11.5. The minimum atomic E-state index is -3.69. The molecule has 0 aromatic heterocycles. The average Bonchev–Trinajstić information content (AvgIpc) is 4.20. The smallest absolute Gasteiger partial charge is 0.334 e. The molecule has 0 aromatic rings. The molecule has 12 nitrogen and oxygen atoms in total. The summed E-state index contributed by atoms with van der Waals surface area (Å²) in [5.41, 5.74) is -10.6. The summed E-state index contributed by atoms with van der Waals surface area (Å²) in [5, 5.41) is 47.7. The van der Waals surface area contributed by atoms with E-state index in [2.05, 4.69) is 51.3 Å². The van der Waals surface area contributed by atoms with Crippen LogP contribution in [0, 0.1) is 28.1 Å². The van der Waals surface area contributed by atoms with Crippen LogP contribution in [0.25, 0.3) is 0 Å². The molecule has 70 heavy (non-hydrogen) atoms. The second kappa shape index (κ2) is 26.3. The van der Waals surface area contributed by atoms with Crippen molar-refractivity contribution in [1.29, 1.82) is 0 Å². The number of carboxylic acids is 4. The SMILES string of the molecule is CCCCCCCCCCCCCCC(CCCCCCCCCCCCC)(C1CC(C)(C)N(CC2CO2)C(C)(C)C1)C(C(=O)O)(C1CC(C)(C)N(CC2CO2)C(C)(C)C1)C(C(=O)O)(C(=O)O)C(=O)O. The van der Waals surface area contributed by atoms with Crippen molar-refractivity contribution in [3.05, 3.63) is 0 Å². The van der Waals surface area contributed by atoms with Crippen molar-refractivity contribution < 1.29 is 49.1 Å². The van der Waals surface area contributed by atoms with E-state index in [0.29, 0.717) is 52.0 Å². The first-order chi connectivity index (χ1) is 32.9. The van der Waals surface area contributed by atoms with Crippen molar-refractivity contribution in [3.63, 3.8) is 0 Å². The number of nitrogens with zero attached hydrogens (tertiary/aromatic N) is 2. The molecule has 0 radical (unpaired) electrons. The molecule has 0 spiro atoms. The number of carbonyl (C=O) groups is 4. The first-order valence-electron chi connectivity index (χ1n) is 28.7. The van der Waals surface area contributed by atoms with Gasteiger partial charge in [-0.25, -0.2) is 0 Å². The Bertz CT molecular complexity index is 1580. The summed E-state index contributed by atoms with van der Waals surface area (Å²) in [5.74, 6) is -9.52. The number of hydrogen-bond donors (Lipinski definition) is 4. The third-order valence-electron chi connectivity index (χ3n) is 18.3. The molecule has 4 aliphatic heterocycles. The van der Waals surface area contributed by atoms with Crippen LogP contribution in [-0.2, 0) is 28.7 Å². The van der Waals surface area contributed by atoms with E-state index < -0.39 is 74.1 Å². The molecule has 0 amide bonds. The Kier molecular flexibility index (Phi) is 22.6. The Morgan fingerprint density at radius 1 is 0.429 bits per heavy atom. The van der Waals surface area contributed by atoms with Crippen molar-refractivity contribution in [1.82, 2.24) is 9.80 Å². The van der Waals surface area contributed by atoms with Gasteiger partial charge in [0.15, 0.2) is 0 Å². The molecule has 4 heterocycles. The molecule has 4 atom stereocenters. The van der Waals surface area contributed by atoms with Gasteiger partial charge < -0.3 is 29.9 Å². The van der Waals surface area contributed by atoms with E-state index in [4.69, 9.17) is 9.47 Å². The fourth-order valence-corrected chi connectivity index (χ4v) is 15.1. The number of unbranched alkanes of at least 4 members (excludes halogenated alkanes) is 21. The molecular weight excluding hydrogens is 885 g/mol.